The quantitative estimate of drug-likeness (QED) is 0.768. The van der Waals surface area contributed by atoms with E-state index in [0.717, 1.165) is 31.1 Å². The lowest BCUT2D eigenvalue weighted by atomic mass is 10.3. The highest BCUT2D eigenvalue weighted by Gasteiger charge is 2.19. The molecule has 1 saturated heterocycles. The van der Waals surface area contributed by atoms with E-state index in [1.807, 2.05) is 6.92 Å². The lowest BCUT2D eigenvalue weighted by Gasteiger charge is -2.12. The summed E-state index contributed by atoms with van der Waals surface area (Å²) in [5, 5.41) is 3.29. The second kappa shape index (κ2) is 3.74. The molecule has 2 N–H and O–H groups in total. The number of aryl methyl sites for hydroxylation is 1. The van der Waals surface area contributed by atoms with Crippen LogP contribution in [0.15, 0.2) is 5.38 Å². The van der Waals surface area contributed by atoms with E-state index < -0.39 is 0 Å². The van der Waals surface area contributed by atoms with E-state index in [2.05, 4.69) is 15.3 Å². The summed E-state index contributed by atoms with van der Waals surface area (Å²) in [5.41, 5.74) is 7.02. The smallest absolute Gasteiger partial charge is 0.0897 e. The first-order valence-electron chi connectivity index (χ1n) is 4.63. The summed E-state index contributed by atoms with van der Waals surface area (Å²) in [6.45, 7) is 5.16. The maximum Gasteiger partial charge on any atom is 0.0897 e. The number of hydrogen-bond donors (Lipinski definition) is 1. The van der Waals surface area contributed by atoms with E-state index in [1.54, 1.807) is 11.3 Å². The van der Waals surface area contributed by atoms with Gasteiger partial charge in [0.25, 0.3) is 0 Å². The van der Waals surface area contributed by atoms with Gasteiger partial charge < -0.3 is 5.73 Å². The fourth-order valence-electron chi connectivity index (χ4n) is 1.72. The molecule has 0 spiro atoms. The van der Waals surface area contributed by atoms with Crippen molar-refractivity contribution in [1.29, 1.82) is 0 Å². The van der Waals surface area contributed by atoms with Crippen LogP contribution in [0.2, 0.25) is 0 Å². The number of thiazole rings is 1. The Morgan fingerprint density at radius 3 is 3.15 bits per heavy atom. The normalized spacial score (nSPS) is 24.0. The Bertz CT molecular complexity index is 284. The van der Waals surface area contributed by atoms with Gasteiger partial charge >= 0.3 is 0 Å². The predicted molar refractivity (Wildman–Crippen MR) is 54.7 cm³/mol. The highest BCUT2D eigenvalue weighted by Crippen LogP contribution is 2.14. The van der Waals surface area contributed by atoms with Gasteiger partial charge in [0.05, 0.1) is 10.7 Å². The number of nitrogens with zero attached hydrogens (tertiary/aromatic N) is 2. The molecule has 1 aliphatic rings. The standard InChI is InChI=1S/C9H15N3S/c1-7-11-9(6-13-7)5-12-3-2-8(10)4-12/h6,8H,2-5,10H2,1H3/t8-/m0/s1. The lowest BCUT2D eigenvalue weighted by molar-refractivity contribution is 0.323. The Labute approximate surface area is 82.6 Å². The number of nitrogens with two attached hydrogens (primary N) is 1. The van der Waals surface area contributed by atoms with Crippen molar-refractivity contribution >= 4 is 11.3 Å². The molecular weight excluding hydrogens is 182 g/mol. The minimum atomic E-state index is 0.375. The average Bonchev–Trinajstić information content (AvgIpc) is 2.62. The molecule has 3 nitrogen and oxygen atoms in total. The van der Waals surface area contributed by atoms with Crippen LogP contribution in [-0.4, -0.2) is 29.0 Å². The van der Waals surface area contributed by atoms with Crippen molar-refractivity contribution in [2.24, 2.45) is 5.73 Å². The van der Waals surface area contributed by atoms with Gasteiger partial charge in [-0.3, -0.25) is 4.90 Å². The van der Waals surface area contributed by atoms with Crippen LogP contribution in [0.3, 0.4) is 0 Å². The highest BCUT2D eigenvalue weighted by molar-refractivity contribution is 7.09. The predicted octanol–water partition coefficient (Wildman–Crippen LogP) is 0.985. The van der Waals surface area contributed by atoms with Gasteiger partial charge in [-0.15, -0.1) is 11.3 Å². The number of aromatic nitrogens is 1. The maximum atomic E-state index is 5.82. The molecule has 2 heterocycles. The molecule has 0 radical (unpaired) electrons. The van der Waals surface area contributed by atoms with E-state index in [1.165, 1.54) is 5.69 Å². The largest absolute Gasteiger partial charge is 0.326 e. The molecule has 0 aromatic carbocycles. The number of likely N-dealkylation sites (tertiary alicyclic amines) is 1. The maximum absolute atomic E-state index is 5.82. The van der Waals surface area contributed by atoms with Gasteiger partial charge in [-0.25, -0.2) is 4.98 Å². The molecule has 1 atom stereocenters. The van der Waals surface area contributed by atoms with Gasteiger partial charge in [-0.1, -0.05) is 0 Å². The Hall–Kier alpha value is -0.450. The second-order valence-electron chi connectivity index (χ2n) is 3.64. The average molecular weight is 197 g/mol. The highest BCUT2D eigenvalue weighted by atomic mass is 32.1. The van der Waals surface area contributed by atoms with Gasteiger partial charge in [0.1, 0.15) is 0 Å². The summed E-state index contributed by atoms with van der Waals surface area (Å²) >= 11 is 1.72. The third-order valence-electron chi connectivity index (χ3n) is 2.36. The Balaban J connectivity index is 1.91. The van der Waals surface area contributed by atoms with Crippen molar-refractivity contribution in [2.75, 3.05) is 13.1 Å². The van der Waals surface area contributed by atoms with E-state index >= 15 is 0 Å². The molecule has 1 aromatic heterocycles. The van der Waals surface area contributed by atoms with Crippen LogP contribution in [0.1, 0.15) is 17.1 Å². The van der Waals surface area contributed by atoms with Crippen molar-refractivity contribution in [3.63, 3.8) is 0 Å². The molecule has 0 saturated carbocycles. The summed E-state index contributed by atoms with van der Waals surface area (Å²) in [6, 6.07) is 0.375. The zero-order valence-corrected chi connectivity index (χ0v) is 8.68. The van der Waals surface area contributed by atoms with Gasteiger partial charge in [0, 0.05) is 31.1 Å². The van der Waals surface area contributed by atoms with Crippen LogP contribution < -0.4 is 5.73 Å². The summed E-state index contributed by atoms with van der Waals surface area (Å²) in [7, 11) is 0. The zero-order valence-electron chi connectivity index (χ0n) is 7.86. The van der Waals surface area contributed by atoms with Crippen molar-refractivity contribution in [1.82, 2.24) is 9.88 Å². The van der Waals surface area contributed by atoms with Crippen LogP contribution in [0.5, 0.6) is 0 Å². The molecule has 13 heavy (non-hydrogen) atoms. The minimum Gasteiger partial charge on any atom is -0.326 e. The molecule has 0 amide bonds. The minimum absolute atomic E-state index is 0.375. The molecule has 1 aliphatic heterocycles. The third-order valence-corrected chi connectivity index (χ3v) is 3.18. The van der Waals surface area contributed by atoms with Crippen LogP contribution in [-0.2, 0) is 6.54 Å². The number of rotatable bonds is 2. The van der Waals surface area contributed by atoms with Crippen LogP contribution in [0.4, 0.5) is 0 Å². The molecule has 72 valence electrons. The molecule has 1 aromatic rings. The SMILES string of the molecule is Cc1nc(CN2CC[C@H](N)C2)cs1. The van der Waals surface area contributed by atoms with Crippen molar-refractivity contribution in [3.8, 4) is 0 Å². The molecule has 2 rings (SSSR count). The first-order chi connectivity index (χ1) is 6.24. The summed E-state index contributed by atoms with van der Waals surface area (Å²) < 4.78 is 0. The summed E-state index contributed by atoms with van der Waals surface area (Å²) in [4.78, 5) is 6.81. The molecule has 1 fully saturated rings. The van der Waals surface area contributed by atoms with Gasteiger partial charge in [0.2, 0.25) is 0 Å². The van der Waals surface area contributed by atoms with E-state index in [4.69, 9.17) is 5.73 Å². The second-order valence-corrected chi connectivity index (χ2v) is 4.70. The Morgan fingerprint density at radius 1 is 1.77 bits per heavy atom. The van der Waals surface area contributed by atoms with Crippen LogP contribution in [0.25, 0.3) is 0 Å². The molecular formula is C9H15N3S. The molecule has 0 bridgehead atoms. The summed E-state index contributed by atoms with van der Waals surface area (Å²) in [5.74, 6) is 0. The third kappa shape index (κ3) is 2.27. The van der Waals surface area contributed by atoms with Gasteiger partial charge in [-0.2, -0.15) is 0 Å². The van der Waals surface area contributed by atoms with Crippen LogP contribution in [0, 0.1) is 6.92 Å². The van der Waals surface area contributed by atoms with Crippen molar-refractivity contribution in [3.05, 3.63) is 16.1 Å². The Kier molecular flexibility index (Phi) is 2.62. The van der Waals surface area contributed by atoms with Crippen molar-refractivity contribution < 1.29 is 0 Å². The molecule has 0 aliphatic carbocycles. The number of hydrogen-bond acceptors (Lipinski definition) is 4. The lowest BCUT2D eigenvalue weighted by Crippen LogP contribution is -2.26. The summed E-state index contributed by atoms with van der Waals surface area (Å²) in [6.07, 6.45) is 1.13. The van der Waals surface area contributed by atoms with Gasteiger partial charge in [-0.05, 0) is 13.3 Å². The topological polar surface area (TPSA) is 42.2 Å². The molecule has 0 unspecified atom stereocenters. The first kappa shape index (κ1) is 9.12. The van der Waals surface area contributed by atoms with E-state index in [9.17, 15) is 0 Å². The van der Waals surface area contributed by atoms with E-state index in [0.29, 0.717) is 6.04 Å². The first-order valence-corrected chi connectivity index (χ1v) is 5.51. The molecule has 4 heteroatoms. The van der Waals surface area contributed by atoms with E-state index in [-0.39, 0.29) is 0 Å². The zero-order chi connectivity index (χ0) is 9.26. The Morgan fingerprint density at radius 2 is 2.62 bits per heavy atom. The van der Waals surface area contributed by atoms with Crippen molar-refractivity contribution in [2.45, 2.75) is 25.9 Å². The fourth-order valence-corrected chi connectivity index (χ4v) is 2.32. The van der Waals surface area contributed by atoms with Crippen LogP contribution >= 0.6 is 11.3 Å². The monoisotopic (exact) mass is 197 g/mol. The van der Waals surface area contributed by atoms with Gasteiger partial charge in [0.15, 0.2) is 0 Å². The fraction of sp³-hybridized carbons (Fsp3) is 0.667.